The lowest BCUT2D eigenvalue weighted by Crippen LogP contribution is -2.40. The predicted molar refractivity (Wildman–Crippen MR) is 134 cm³/mol. The van der Waals surface area contributed by atoms with Gasteiger partial charge in [-0.05, 0) is 56.2 Å². The van der Waals surface area contributed by atoms with E-state index >= 15 is 0 Å². The van der Waals surface area contributed by atoms with Gasteiger partial charge in [-0.15, -0.1) is 11.8 Å². The molecule has 4 heterocycles. The van der Waals surface area contributed by atoms with Gasteiger partial charge in [-0.2, -0.15) is 0 Å². The summed E-state index contributed by atoms with van der Waals surface area (Å²) in [6.45, 7) is 0.650. The predicted octanol–water partition coefficient (Wildman–Crippen LogP) is 3.44. The molecule has 1 atom stereocenters. The number of ether oxygens (including phenoxy) is 1. The number of halogens is 1. The van der Waals surface area contributed by atoms with Gasteiger partial charge in [-0.1, -0.05) is 0 Å². The number of nitrogens with one attached hydrogen (secondary N) is 2. The third kappa shape index (κ3) is 5.39. The minimum atomic E-state index is -0.379. The van der Waals surface area contributed by atoms with Gasteiger partial charge in [0.05, 0.1) is 40.7 Å². The molecule has 4 N–H and O–H groups in total. The van der Waals surface area contributed by atoms with Gasteiger partial charge in [-0.25, -0.2) is 14.4 Å². The summed E-state index contributed by atoms with van der Waals surface area (Å²) in [4.78, 5) is 25.8. The van der Waals surface area contributed by atoms with E-state index < -0.39 is 0 Å². The molecule has 1 aliphatic carbocycles. The Balaban J connectivity index is 1.16. The fourth-order valence-corrected chi connectivity index (χ4v) is 5.65. The first-order chi connectivity index (χ1) is 17.0. The van der Waals surface area contributed by atoms with E-state index in [0.29, 0.717) is 59.0 Å². The quantitative estimate of drug-likeness (QED) is 0.456. The average molecular weight is 497 g/mol. The summed E-state index contributed by atoms with van der Waals surface area (Å²) < 4.78 is 19.9. The first-order valence-corrected chi connectivity index (χ1v) is 12.9. The van der Waals surface area contributed by atoms with Crippen LogP contribution >= 0.6 is 11.8 Å². The fourth-order valence-electron chi connectivity index (χ4n) is 4.89. The molecule has 1 saturated carbocycles. The van der Waals surface area contributed by atoms with E-state index in [9.17, 15) is 9.18 Å². The maximum absolute atomic E-state index is 14.7. The van der Waals surface area contributed by atoms with Gasteiger partial charge in [0.15, 0.2) is 0 Å². The number of nitrogens with two attached hydrogens (primary N) is 1. The number of hydrogen-bond donors (Lipinski definition) is 3. The monoisotopic (exact) mass is 496 g/mol. The van der Waals surface area contributed by atoms with E-state index in [-0.39, 0.29) is 17.8 Å². The highest BCUT2D eigenvalue weighted by atomic mass is 32.2. The zero-order chi connectivity index (χ0) is 24.4. The normalized spacial score (nSPS) is 20.8. The second-order valence-corrected chi connectivity index (χ2v) is 10.2. The van der Waals surface area contributed by atoms with Crippen LogP contribution in [0.25, 0.3) is 11.0 Å². The molecule has 3 aromatic rings. The van der Waals surface area contributed by atoms with Gasteiger partial charge in [0, 0.05) is 30.3 Å². The Morgan fingerprint density at radius 2 is 2.06 bits per heavy atom. The number of thioether (sulfide) groups is 1. The van der Waals surface area contributed by atoms with Gasteiger partial charge >= 0.3 is 0 Å². The van der Waals surface area contributed by atoms with Gasteiger partial charge in [0.2, 0.25) is 11.8 Å². The Bertz CT molecular complexity index is 1230. The van der Waals surface area contributed by atoms with Crippen molar-refractivity contribution in [3.8, 4) is 5.88 Å². The molecule has 8 nitrogen and oxygen atoms in total. The molecule has 1 aliphatic heterocycles. The van der Waals surface area contributed by atoms with E-state index in [4.69, 9.17) is 10.5 Å². The number of pyridine rings is 3. The summed E-state index contributed by atoms with van der Waals surface area (Å²) in [5, 5.41) is 6.44. The van der Waals surface area contributed by atoms with Crippen LogP contribution in [0.5, 0.6) is 5.88 Å². The molecular weight excluding hydrogens is 467 g/mol. The molecule has 2 aliphatic rings. The average Bonchev–Trinajstić information content (AvgIpc) is 2.88. The third-order valence-corrected chi connectivity index (χ3v) is 7.92. The Labute approximate surface area is 207 Å². The largest absolute Gasteiger partial charge is 0.481 e. The van der Waals surface area contributed by atoms with Crippen molar-refractivity contribution >= 4 is 34.5 Å². The van der Waals surface area contributed by atoms with Crippen molar-refractivity contribution < 1.29 is 13.9 Å². The van der Waals surface area contributed by atoms with Crippen LogP contribution in [0, 0.1) is 11.7 Å². The number of amides is 1. The van der Waals surface area contributed by atoms with Gasteiger partial charge < -0.3 is 21.1 Å². The summed E-state index contributed by atoms with van der Waals surface area (Å²) >= 11 is 1.51. The molecule has 1 fully saturated rings. The van der Waals surface area contributed by atoms with Crippen molar-refractivity contribution in [1.29, 1.82) is 0 Å². The Morgan fingerprint density at radius 3 is 2.86 bits per heavy atom. The van der Waals surface area contributed by atoms with Crippen molar-refractivity contribution in [2.24, 2.45) is 11.7 Å². The van der Waals surface area contributed by atoms with Gasteiger partial charge in [0.25, 0.3) is 0 Å². The van der Waals surface area contributed by atoms with Crippen LogP contribution in [0.3, 0.4) is 0 Å². The number of methoxy groups -OCH3 is 1. The van der Waals surface area contributed by atoms with Crippen LogP contribution in [0.2, 0.25) is 0 Å². The molecule has 0 unspecified atom stereocenters. The number of fused-ring (bicyclic) bond motifs is 2. The maximum Gasteiger partial charge on any atom is 0.235 e. The lowest BCUT2D eigenvalue weighted by molar-refractivity contribution is -0.113. The van der Waals surface area contributed by atoms with E-state index in [1.54, 1.807) is 12.1 Å². The molecule has 5 rings (SSSR count). The Hall–Kier alpha value is -2.82. The van der Waals surface area contributed by atoms with E-state index in [0.717, 1.165) is 36.3 Å². The molecule has 35 heavy (non-hydrogen) atoms. The van der Waals surface area contributed by atoms with Crippen LogP contribution < -0.4 is 21.1 Å². The number of carbonyl (C=O) groups excluding carboxylic acids is 1. The van der Waals surface area contributed by atoms with E-state index in [1.807, 2.05) is 12.1 Å². The minimum Gasteiger partial charge on any atom is -0.481 e. The second-order valence-electron chi connectivity index (χ2n) is 9.15. The van der Waals surface area contributed by atoms with Crippen LogP contribution in [0.4, 0.5) is 10.2 Å². The number of nitrogens with zero attached hydrogens (tertiary/aromatic N) is 3. The highest BCUT2D eigenvalue weighted by molar-refractivity contribution is 8.00. The topological polar surface area (TPSA) is 115 Å². The summed E-state index contributed by atoms with van der Waals surface area (Å²) in [6, 6.07) is 7.76. The highest BCUT2D eigenvalue weighted by Crippen LogP contribution is 2.31. The maximum atomic E-state index is 14.7. The van der Waals surface area contributed by atoms with Gasteiger partial charge in [0.1, 0.15) is 11.6 Å². The van der Waals surface area contributed by atoms with Crippen LogP contribution in [-0.4, -0.2) is 45.8 Å². The van der Waals surface area contributed by atoms with Crippen molar-refractivity contribution in [1.82, 2.24) is 20.3 Å². The zero-order valence-corrected chi connectivity index (χ0v) is 20.4. The molecule has 0 saturated heterocycles. The number of anilines is 1. The van der Waals surface area contributed by atoms with Crippen LogP contribution in [0.15, 0.2) is 35.4 Å². The zero-order valence-electron chi connectivity index (χ0n) is 19.6. The second kappa shape index (κ2) is 10.4. The molecule has 1 amide bonds. The third-order valence-electron chi connectivity index (χ3n) is 6.87. The summed E-state index contributed by atoms with van der Waals surface area (Å²) in [7, 11) is 1.54. The van der Waals surface area contributed by atoms with E-state index in [1.165, 1.54) is 25.1 Å². The van der Waals surface area contributed by atoms with Crippen molar-refractivity contribution in [3.63, 3.8) is 0 Å². The molecule has 10 heteroatoms. The summed E-state index contributed by atoms with van der Waals surface area (Å²) in [5.41, 5.74) is 9.15. The standard InChI is InChI=1S/C25H29FN6O2S/c1-34-23-9-7-20-24(32-23)17(18(26)12-29-20)10-19(27)14-2-4-15(5-3-14)28-11-16-6-8-21-25(30-16)31-22(33)13-35-21/h6-9,12,14-15,19,28H,2-5,10-11,13,27H2,1H3,(H,30,31,33)/t14-,15+,19-/m1/s1. The summed E-state index contributed by atoms with van der Waals surface area (Å²) in [6.07, 6.45) is 5.62. The molecule has 0 bridgehead atoms. The lowest BCUT2D eigenvalue weighted by atomic mass is 9.80. The van der Waals surface area contributed by atoms with Crippen LogP contribution in [0.1, 0.15) is 36.9 Å². The van der Waals surface area contributed by atoms with Crippen LogP contribution in [-0.2, 0) is 17.8 Å². The Kier molecular flexibility index (Phi) is 7.12. The molecular formula is C25H29FN6O2S. The molecule has 3 aromatic heterocycles. The van der Waals surface area contributed by atoms with E-state index in [2.05, 4.69) is 25.6 Å². The number of rotatable bonds is 7. The van der Waals surface area contributed by atoms with Crippen molar-refractivity contribution in [2.75, 3.05) is 18.2 Å². The molecule has 0 spiro atoms. The van der Waals surface area contributed by atoms with Crippen molar-refractivity contribution in [3.05, 3.63) is 47.5 Å². The van der Waals surface area contributed by atoms with Gasteiger partial charge in [-0.3, -0.25) is 9.78 Å². The Morgan fingerprint density at radius 1 is 1.23 bits per heavy atom. The summed E-state index contributed by atoms with van der Waals surface area (Å²) in [5.74, 6) is 1.45. The molecule has 0 radical (unpaired) electrons. The number of hydrogen-bond acceptors (Lipinski definition) is 8. The first-order valence-electron chi connectivity index (χ1n) is 11.9. The lowest BCUT2D eigenvalue weighted by Gasteiger charge is -2.33. The highest BCUT2D eigenvalue weighted by Gasteiger charge is 2.27. The number of carbonyl (C=O) groups is 1. The SMILES string of the molecule is COc1ccc2ncc(F)c(C[C@@H](N)[C@H]3CC[C@@H](NCc4ccc5c(n4)NC(=O)CS5)CC3)c2n1. The van der Waals surface area contributed by atoms with Crippen molar-refractivity contribution in [2.45, 2.75) is 55.6 Å². The number of aromatic nitrogens is 3. The first kappa shape index (κ1) is 23.9. The molecule has 0 aromatic carbocycles. The minimum absolute atomic E-state index is 0.00988. The fraction of sp³-hybridized carbons (Fsp3) is 0.440. The smallest absolute Gasteiger partial charge is 0.235 e. The molecule has 184 valence electrons.